The largest absolute Gasteiger partial charge is 0.279 e. The Labute approximate surface area is 150 Å². The minimum Gasteiger partial charge on any atom is -0.268 e. The molecule has 1 aromatic carbocycles. The van der Waals surface area contributed by atoms with Crippen LogP contribution in [0.4, 0.5) is 0 Å². The van der Waals surface area contributed by atoms with Gasteiger partial charge in [-0.3, -0.25) is 25.1 Å². The van der Waals surface area contributed by atoms with E-state index in [0.717, 1.165) is 9.35 Å². The molecular formula is C16H13BrN4O2S. The summed E-state index contributed by atoms with van der Waals surface area (Å²) in [5, 5.41) is 4.16. The zero-order valence-corrected chi connectivity index (χ0v) is 14.8. The molecule has 0 aliphatic rings. The van der Waals surface area contributed by atoms with Gasteiger partial charge < -0.3 is 0 Å². The molecule has 2 amide bonds. The van der Waals surface area contributed by atoms with Crippen LogP contribution in [0.2, 0.25) is 0 Å². The Kier molecular flexibility index (Phi) is 5.07. The topological polar surface area (TPSA) is 76.0 Å². The van der Waals surface area contributed by atoms with Crippen LogP contribution in [0, 0.1) is 0 Å². The van der Waals surface area contributed by atoms with Crippen molar-refractivity contribution in [3.63, 3.8) is 0 Å². The van der Waals surface area contributed by atoms with E-state index in [-0.39, 0.29) is 5.91 Å². The first-order chi connectivity index (χ1) is 11.6. The second kappa shape index (κ2) is 7.41. The van der Waals surface area contributed by atoms with Gasteiger partial charge in [0.25, 0.3) is 11.8 Å². The molecule has 0 saturated carbocycles. The minimum absolute atomic E-state index is 0.365. The first-order valence-electron chi connectivity index (χ1n) is 7.04. The number of aromatic nitrogens is 2. The van der Waals surface area contributed by atoms with Gasteiger partial charge in [-0.25, -0.2) is 0 Å². The average molecular weight is 405 g/mol. The van der Waals surface area contributed by atoms with E-state index in [9.17, 15) is 9.59 Å². The van der Waals surface area contributed by atoms with E-state index in [0.29, 0.717) is 17.0 Å². The number of hydrogen-bond acceptors (Lipinski definition) is 4. The summed E-state index contributed by atoms with van der Waals surface area (Å²) in [4.78, 5) is 24.5. The van der Waals surface area contributed by atoms with Gasteiger partial charge in [0.05, 0.1) is 27.0 Å². The predicted octanol–water partition coefficient (Wildman–Crippen LogP) is 2.83. The lowest BCUT2D eigenvalue weighted by molar-refractivity contribution is 0.0849. The van der Waals surface area contributed by atoms with Gasteiger partial charge >= 0.3 is 0 Å². The lowest BCUT2D eigenvalue weighted by atomic mass is 10.2. The second-order valence-corrected chi connectivity index (χ2v) is 7.39. The van der Waals surface area contributed by atoms with Crippen molar-refractivity contribution < 1.29 is 9.59 Å². The van der Waals surface area contributed by atoms with Gasteiger partial charge in [0.2, 0.25) is 0 Å². The predicted molar refractivity (Wildman–Crippen MR) is 94.7 cm³/mol. The highest BCUT2D eigenvalue weighted by atomic mass is 79.9. The van der Waals surface area contributed by atoms with E-state index >= 15 is 0 Å². The summed E-state index contributed by atoms with van der Waals surface area (Å²) in [6.45, 7) is 0.573. The van der Waals surface area contributed by atoms with E-state index in [1.165, 1.54) is 17.5 Å². The Morgan fingerprint density at radius 3 is 2.54 bits per heavy atom. The van der Waals surface area contributed by atoms with Crippen LogP contribution in [0.15, 0.2) is 58.6 Å². The van der Waals surface area contributed by atoms with Crippen molar-refractivity contribution in [2.75, 3.05) is 0 Å². The minimum atomic E-state index is -0.418. The lowest BCUT2D eigenvalue weighted by Gasteiger charge is -2.04. The molecule has 3 rings (SSSR count). The normalized spacial score (nSPS) is 10.4. The summed E-state index contributed by atoms with van der Waals surface area (Å²) in [5.74, 6) is -0.783. The molecule has 2 N–H and O–H groups in total. The van der Waals surface area contributed by atoms with E-state index in [1.807, 2.05) is 30.3 Å². The monoisotopic (exact) mass is 404 g/mol. The first kappa shape index (κ1) is 16.4. The highest BCUT2D eigenvalue weighted by molar-refractivity contribution is 9.11. The van der Waals surface area contributed by atoms with Gasteiger partial charge in [0.15, 0.2) is 0 Å². The summed E-state index contributed by atoms with van der Waals surface area (Å²) in [5.41, 5.74) is 6.23. The zero-order chi connectivity index (χ0) is 16.9. The quantitative estimate of drug-likeness (QED) is 0.656. The maximum atomic E-state index is 12.1. The molecule has 24 heavy (non-hydrogen) atoms. The number of thiophene rings is 1. The first-order valence-corrected chi connectivity index (χ1v) is 8.65. The third kappa shape index (κ3) is 4.09. The highest BCUT2D eigenvalue weighted by Crippen LogP contribution is 2.21. The van der Waals surface area contributed by atoms with Crippen LogP contribution < -0.4 is 10.9 Å². The van der Waals surface area contributed by atoms with Crippen molar-refractivity contribution in [1.82, 2.24) is 20.6 Å². The number of halogens is 1. The molecule has 0 saturated heterocycles. The fourth-order valence-corrected chi connectivity index (χ4v) is 3.30. The molecule has 0 aliphatic carbocycles. The summed E-state index contributed by atoms with van der Waals surface area (Å²) < 4.78 is 2.52. The molecule has 0 aliphatic heterocycles. The highest BCUT2D eigenvalue weighted by Gasteiger charge is 2.12. The number of hydrazine groups is 1. The zero-order valence-electron chi connectivity index (χ0n) is 12.4. The Hall–Kier alpha value is -2.45. The van der Waals surface area contributed by atoms with Crippen molar-refractivity contribution in [3.05, 3.63) is 74.6 Å². The molecule has 0 radical (unpaired) electrons. The Bertz CT molecular complexity index is 860. The standard InChI is InChI=1S/C16H13BrN4O2S/c17-14-7-6-13(24-14)16(23)20-19-15(22)12-8-18-21(10-12)9-11-4-2-1-3-5-11/h1-8,10H,9H2,(H,19,22)(H,20,23). The fourth-order valence-electron chi connectivity index (χ4n) is 2.02. The van der Waals surface area contributed by atoms with Crippen LogP contribution in [0.25, 0.3) is 0 Å². The van der Waals surface area contributed by atoms with Gasteiger partial charge in [-0.15, -0.1) is 11.3 Å². The van der Waals surface area contributed by atoms with Crippen molar-refractivity contribution in [1.29, 1.82) is 0 Å². The maximum absolute atomic E-state index is 12.1. The van der Waals surface area contributed by atoms with Gasteiger partial charge in [0.1, 0.15) is 0 Å². The summed E-state index contributed by atoms with van der Waals surface area (Å²) in [6, 6.07) is 13.3. The van der Waals surface area contributed by atoms with Crippen LogP contribution in [0.3, 0.4) is 0 Å². The molecule has 0 spiro atoms. The van der Waals surface area contributed by atoms with E-state index in [4.69, 9.17) is 0 Å². The van der Waals surface area contributed by atoms with Gasteiger partial charge in [-0.1, -0.05) is 30.3 Å². The molecule has 6 nitrogen and oxygen atoms in total. The van der Waals surface area contributed by atoms with Crippen LogP contribution in [0.1, 0.15) is 25.6 Å². The number of amides is 2. The molecule has 0 fully saturated rings. The molecule has 2 heterocycles. The SMILES string of the molecule is O=C(NNC(=O)c1ccc(Br)s1)c1cnn(Cc2ccccc2)c1. The van der Waals surface area contributed by atoms with Crippen LogP contribution in [-0.2, 0) is 6.54 Å². The van der Waals surface area contributed by atoms with E-state index < -0.39 is 5.91 Å². The second-order valence-electron chi connectivity index (χ2n) is 4.92. The van der Waals surface area contributed by atoms with E-state index in [2.05, 4.69) is 31.9 Å². The van der Waals surface area contributed by atoms with Crippen LogP contribution >= 0.6 is 27.3 Å². The smallest absolute Gasteiger partial charge is 0.268 e. The molecule has 0 unspecified atom stereocenters. The van der Waals surface area contributed by atoms with E-state index in [1.54, 1.807) is 23.0 Å². The molecule has 0 bridgehead atoms. The van der Waals surface area contributed by atoms with Crippen molar-refractivity contribution in [2.45, 2.75) is 6.54 Å². The number of benzene rings is 1. The number of carbonyl (C=O) groups excluding carboxylic acids is 2. The van der Waals surface area contributed by atoms with Crippen molar-refractivity contribution >= 4 is 39.1 Å². The van der Waals surface area contributed by atoms with Gasteiger partial charge in [-0.05, 0) is 33.6 Å². The molecule has 2 aromatic heterocycles. The summed E-state index contributed by atoms with van der Waals surface area (Å²) >= 11 is 4.57. The molecule has 122 valence electrons. The van der Waals surface area contributed by atoms with Crippen molar-refractivity contribution in [3.8, 4) is 0 Å². The van der Waals surface area contributed by atoms with Gasteiger partial charge in [0, 0.05) is 6.20 Å². The third-order valence-electron chi connectivity index (χ3n) is 3.17. The number of nitrogens with zero attached hydrogens (tertiary/aromatic N) is 2. The average Bonchev–Trinajstić information content (AvgIpc) is 3.22. The summed E-state index contributed by atoms with van der Waals surface area (Å²) in [6.07, 6.45) is 3.10. The Morgan fingerprint density at radius 2 is 1.83 bits per heavy atom. The van der Waals surface area contributed by atoms with Crippen molar-refractivity contribution in [2.24, 2.45) is 0 Å². The number of carbonyl (C=O) groups is 2. The molecule has 0 atom stereocenters. The van der Waals surface area contributed by atoms with Crippen LogP contribution in [-0.4, -0.2) is 21.6 Å². The molecule has 8 heteroatoms. The number of rotatable bonds is 4. The lowest BCUT2D eigenvalue weighted by Crippen LogP contribution is -2.41. The van der Waals surface area contributed by atoms with Gasteiger partial charge in [-0.2, -0.15) is 5.10 Å². The number of hydrogen-bond donors (Lipinski definition) is 2. The third-order valence-corrected chi connectivity index (χ3v) is 4.79. The molecule has 3 aromatic rings. The van der Waals surface area contributed by atoms with Crippen LogP contribution in [0.5, 0.6) is 0 Å². The Balaban J connectivity index is 1.57. The molecular weight excluding hydrogens is 392 g/mol. The Morgan fingerprint density at radius 1 is 1.08 bits per heavy atom. The fraction of sp³-hybridized carbons (Fsp3) is 0.0625. The summed E-state index contributed by atoms with van der Waals surface area (Å²) in [7, 11) is 0. The maximum Gasteiger partial charge on any atom is 0.279 e. The number of nitrogens with one attached hydrogen (secondary N) is 2.